The topological polar surface area (TPSA) is 38.8 Å². The Hall–Kier alpha value is -2.53. The Balaban J connectivity index is 1.64. The summed E-state index contributed by atoms with van der Waals surface area (Å²) < 4.78 is 15.6. The highest BCUT2D eigenvalue weighted by molar-refractivity contribution is 5.40. The Labute approximate surface area is 145 Å². The largest absolute Gasteiger partial charge is 0.324 e. The zero-order valence-electron chi connectivity index (χ0n) is 14.2. The van der Waals surface area contributed by atoms with Crippen molar-refractivity contribution in [2.24, 2.45) is 0 Å². The zero-order chi connectivity index (χ0) is 17.4. The van der Waals surface area contributed by atoms with E-state index in [1.165, 1.54) is 11.0 Å². The average molecular weight is 338 g/mol. The number of aromatic nitrogens is 2. The van der Waals surface area contributed by atoms with Gasteiger partial charge in [-0.05, 0) is 25.1 Å². The summed E-state index contributed by atoms with van der Waals surface area (Å²) in [5.74, 6) is -0.164. The number of halogens is 1. The van der Waals surface area contributed by atoms with Crippen LogP contribution in [0.2, 0.25) is 0 Å². The first-order chi connectivity index (χ1) is 12.1. The Morgan fingerprint density at radius 2 is 1.96 bits per heavy atom. The fourth-order valence-electron chi connectivity index (χ4n) is 3.42. The van der Waals surface area contributed by atoms with Gasteiger partial charge in [-0.25, -0.2) is 9.37 Å². The molecule has 1 aliphatic rings. The molecule has 0 aliphatic heterocycles. The number of rotatable bonds is 5. The predicted octanol–water partition coefficient (Wildman–Crippen LogP) is 1.89. The average Bonchev–Trinajstić information content (AvgIpc) is 3.41. The molecule has 1 N–H and O–H groups in total. The minimum absolute atomic E-state index is 0.0564. The first-order valence-electron chi connectivity index (χ1n) is 8.68. The molecular weight excluding hydrogens is 317 g/mol. The fraction of sp³-hybridized carbons (Fsp3) is 0.300. The summed E-state index contributed by atoms with van der Waals surface area (Å²) in [5, 5.41) is 0. The van der Waals surface area contributed by atoms with Crippen molar-refractivity contribution in [1.82, 2.24) is 9.38 Å². The minimum atomic E-state index is -0.164. The van der Waals surface area contributed by atoms with Crippen molar-refractivity contribution in [3.8, 4) is 0 Å². The van der Waals surface area contributed by atoms with E-state index in [0.717, 1.165) is 29.8 Å². The minimum Gasteiger partial charge on any atom is -0.324 e. The number of aryl methyl sites for hydroxylation is 1. The normalized spacial score (nSPS) is 15.4. The number of quaternary nitrogens is 1. The standard InChI is InChI=1S/C20H20FN3O/c1-14-5-4-8-19-22-16(11-20(25)24(14)19)13-23(17-9-10-17)12-15-6-2-3-7-18(15)21/h2-8,11,17H,9-10,12-13H2,1H3/p+1. The summed E-state index contributed by atoms with van der Waals surface area (Å²) in [7, 11) is 0. The summed E-state index contributed by atoms with van der Waals surface area (Å²) >= 11 is 0. The molecular formula is C20H21FN3O+. The highest BCUT2D eigenvalue weighted by Crippen LogP contribution is 2.17. The molecule has 0 radical (unpaired) electrons. The summed E-state index contributed by atoms with van der Waals surface area (Å²) in [5.41, 5.74) is 2.98. The molecule has 1 saturated carbocycles. The van der Waals surface area contributed by atoms with Gasteiger partial charge in [0.05, 0.1) is 6.04 Å². The number of nitrogens with one attached hydrogen (secondary N) is 1. The zero-order valence-corrected chi connectivity index (χ0v) is 14.2. The summed E-state index contributed by atoms with van der Waals surface area (Å²) in [6, 6.07) is 14.7. The van der Waals surface area contributed by atoms with Gasteiger partial charge < -0.3 is 4.90 Å². The van der Waals surface area contributed by atoms with Gasteiger partial charge in [0, 0.05) is 30.2 Å². The van der Waals surface area contributed by atoms with E-state index in [9.17, 15) is 9.18 Å². The third kappa shape index (κ3) is 3.33. The molecule has 1 aromatic carbocycles. The first-order valence-corrected chi connectivity index (χ1v) is 8.68. The van der Waals surface area contributed by atoms with Crippen LogP contribution in [0.1, 0.15) is 29.8 Å². The Morgan fingerprint density at radius 1 is 1.16 bits per heavy atom. The molecule has 1 aliphatic carbocycles. The molecule has 3 aromatic rings. The quantitative estimate of drug-likeness (QED) is 0.772. The molecule has 0 spiro atoms. The third-order valence-electron chi connectivity index (χ3n) is 4.87. The second-order valence-corrected chi connectivity index (χ2v) is 6.82. The molecule has 5 heteroatoms. The molecule has 4 nitrogen and oxygen atoms in total. The van der Waals surface area contributed by atoms with Crippen molar-refractivity contribution in [3.05, 3.63) is 81.7 Å². The molecule has 0 saturated heterocycles. The van der Waals surface area contributed by atoms with Crippen LogP contribution in [-0.2, 0) is 13.1 Å². The highest BCUT2D eigenvalue weighted by Gasteiger charge is 2.34. The number of fused-ring (bicyclic) bond motifs is 1. The van der Waals surface area contributed by atoms with Crippen molar-refractivity contribution in [2.75, 3.05) is 0 Å². The van der Waals surface area contributed by atoms with Crippen molar-refractivity contribution < 1.29 is 9.29 Å². The number of benzene rings is 1. The summed E-state index contributed by atoms with van der Waals surface area (Å²) in [4.78, 5) is 18.4. The summed E-state index contributed by atoms with van der Waals surface area (Å²) in [6.45, 7) is 3.15. The van der Waals surface area contributed by atoms with Crippen LogP contribution in [0.15, 0.2) is 53.3 Å². The van der Waals surface area contributed by atoms with Crippen LogP contribution in [-0.4, -0.2) is 15.4 Å². The van der Waals surface area contributed by atoms with Crippen molar-refractivity contribution in [1.29, 1.82) is 0 Å². The van der Waals surface area contributed by atoms with E-state index >= 15 is 0 Å². The van der Waals surface area contributed by atoms with Crippen LogP contribution in [0, 0.1) is 12.7 Å². The van der Waals surface area contributed by atoms with E-state index in [-0.39, 0.29) is 11.4 Å². The van der Waals surface area contributed by atoms with Crippen LogP contribution in [0.4, 0.5) is 4.39 Å². The van der Waals surface area contributed by atoms with Crippen molar-refractivity contribution in [3.63, 3.8) is 0 Å². The van der Waals surface area contributed by atoms with E-state index in [0.29, 0.717) is 24.8 Å². The number of nitrogens with zero attached hydrogens (tertiary/aromatic N) is 2. The SMILES string of the molecule is Cc1cccc2nc(C[NH+](Cc3ccccc3F)C3CC3)cc(=O)n12. The number of hydrogen-bond acceptors (Lipinski definition) is 2. The van der Waals surface area contributed by atoms with Gasteiger partial charge in [0.15, 0.2) is 0 Å². The lowest BCUT2D eigenvalue weighted by atomic mass is 10.2. The van der Waals surface area contributed by atoms with Crippen LogP contribution in [0.25, 0.3) is 5.65 Å². The van der Waals surface area contributed by atoms with Gasteiger partial charge in [0.2, 0.25) is 0 Å². The first kappa shape index (κ1) is 16.0. The van der Waals surface area contributed by atoms with Gasteiger partial charge >= 0.3 is 0 Å². The van der Waals surface area contributed by atoms with E-state index in [4.69, 9.17) is 0 Å². The van der Waals surface area contributed by atoms with Crippen LogP contribution >= 0.6 is 0 Å². The Bertz CT molecular complexity index is 978. The van der Waals surface area contributed by atoms with E-state index in [1.54, 1.807) is 16.5 Å². The predicted molar refractivity (Wildman–Crippen MR) is 94.0 cm³/mol. The van der Waals surface area contributed by atoms with Gasteiger partial charge in [-0.1, -0.05) is 24.3 Å². The lowest BCUT2D eigenvalue weighted by Crippen LogP contribution is -3.10. The molecule has 1 unspecified atom stereocenters. The third-order valence-corrected chi connectivity index (χ3v) is 4.87. The molecule has 128 valence electrons. The van der Waals surface area contributed by atoms with Crippen molar-refractivity contribution in [2.45, 2.75) is 38.9 Å². The van der Waals surface area contributed by atoms with Gasteiger partial charge in [-0.3, -0.25) is 9.20 Å². The van der Waals surface area contributed by atoms with Gasteiger partial charge in [0.25, 0.3) is 5.56 Å². The molecule has 2 heterocycles. The molecule has 4 rings (SSSR count). The fourth-order valence-corrected chi connectivity index (χ4v) is 3.42. The Morgan fingerprint density at radius 3 is 2.72 bits per heavy atom. The number of hydrogen-bond donors (Lipinski definition) is 1. The van der Waals surface area contributed by atoms with Crippen LogP contribution in [0.5, 0.6) is 0 Å². The highest BCUT2D eigenvalue weighted by atomic mass is 19.1. The molecule has 2 aromatic heterocycles. The van der Waals surface area contributed by atoms with Crippen LogP contribution < -0.4 is 10.5 Å². The molecule has 0 amide bonds. The molecule has 25 heavy (non-hydrogen) atoms. The molecule has 0 bridgehead atoms. The van der Waals surface area contributed by atoms with Crippen molar-refractivity contribution >= 4 is 5.65 Å². The molecule has 1 atom stereocenters. The van der Waals surface area contributed by atoms with Crippen LogP contribution in [0.3, 0.4) is 0 Å². The van der Waals surface area contributed by atoms with Gasteiger partial charge in [-0.15, -0.1) is 0 Å². The second kappa shape index (κ2) is 6.41. The van der Waals surface area contributed by atoms with E-state index < -0.39 is 0 Å². The van der Waals surface area contributed by atoms with Gasteiger partial charge in [-0.2, -0.15) is 0 Å². The maximum atomic E-state index is 14.0. The monoisotopic (exact) mass is 338 g/mol. The maximum Gasteiger partial charge on any atom is 0.258 e. The maximum absolute atomic E-state index is 14.0. The van der Waals surface area contributed by atoms with Gasteiger partial charge in [0.1, 0.15) is 30.2 Å². The lowest BCUT2D eigenvalue weighted by Gasteiger charge is -2.19. The smallest absolute Gasteiger partial charge is 0.258 e. The number of pyridine rings is 1. The molecule has 1 fully saturated rings. The summed E-state index contributed by atoms with van der Waals surface area (Å²) in [6.07, 6.45) is 2.30. The Kier molecular flexibility index (Phi) is 4.09. The lowest BCUT2D eigenvalue weighted by molar-refractivity contribution is -0.938. The van der Waals surface area contributed by atoms with E-state index in [1.807, 2.05) is 37.3 Å². The second-order valence-electron chi connectivity index (χ2n) is 6.82. The van der Waals surface area contributed by atoms with E-state index in [2.05, 4.69) is 4.98 Å².